The topological polar surface area (TPSA) is 77.1 Å². The van der Waals surface area contributed by atoms with Crippen LogP contribution >= 0.6 is 0 Å². The summed E-state index contributed by atoms with van der Waals surface area (Å²) in [5.74, 6) is 1.53. The van der Waals surface area contributed by atoms with Crippen LogP contribution in [0.15, 0.2) is 12.1 Å². The van der Waals surface area contributed by atoms with E-state index in [1.54, 1.807) is 17.0 Å². The van der Waals surface area contributed by atoms with Gasteiger partial charge in [-0.1, -0.05) is 0 Å². The number of hydrogen-bond donors (Lipinski definition) is 1. The van der Waals surface area contributed by atoms with E-state index in [0.717, 1.165) is 0 Å². The number of aldehydes is 1. The number of carbonyl (C=O) groups is 2. The highest BCUT2D eigenvalue weighted by molar-refractivity contribution is 5.81. The third kappa shape index (κ3) is 2.34. The predicted octanol–water partition coefficient (Wildman–Crippen LogP) is 0.632. The summed E-state index contributed by atoms with van der Waals surface area (Å²) >= 11 is 0. The third-order valence-electron chi connectivity index (χ3n) is 3.20. The molecule has 1 fully saturated rings. The van der Waals surface area contributed by atoms with Crippen molar-refractivity contribution in [3.63, 3.8) is 0 Å². The predicted molar refractivity (Wildman–Crippen MR) is 68.4 cm³/mol. The van der Waals surface area contributed by atoms with E-state index in [1.807, 2.05) is 0 Å². The average molecular weight is 278 g/mol. The van der Waals surface area contributed by atoms with Crippen molar-refractivity contribution in [2.45, 2.75) is 0 Å². The minimum Gasteiger partial charge on any atom is -0.491 e. The smallest absolute Gasteiger partial charge is 0.317 e. The molecule has 3 rings (SSSR count). The van der Waals surface area contributed by atoms with E-state index in [0.29, 0.717) is 55.3 Å². The Morgan fingerprint density at radius 2 is 2.15 bits per heavy atom. The summed E-state index contributed by atoms with van der Waals surface area (Å²) in [5.41, 5.74) is 0.403. The van der Waals surface area contributed by atoms with Crippen LogP contribution in [0, 0.1) is 0 Å². The van der Waals surface area contributed by atoms with E-state index >= 15 is 0 Å². The second kappa shape index (κ2) is 5.28. The summed E-state index contributed by atoms with van der Waals surface area (Å²) < 4.78 is 16.0. The van der Waals surface area contributed by atoms with E-state index in [-0.39, 0.29) is 12.8 Å². The van der Waals surface area contributed by atoms with Gasteiger partial charge in [0.25, 0.3) is 0 Å². The van der Waals surface area contributed by atoms with Gasteiger partial charge in [0.2, 0.25) is 6.79 Å². The first-order valence-electron chi connectivity index (χ1n) is 6.32. The fourth-order valence-corrected chi connectivity index (χ4v) is 2.15. The van der Waals surface area contributed by atoms with Gasteiger partial charge in [-0.15, -0.1) is 0 Å². The fraction of sp³-hybridized carbons (Fsp3) is 0.385. The number of hydrogen-bond acceptors (Lipinski definition) is 5. The number of urea groups is 1. The quantitative estimate of drug-likeness (QED) is 0.799. The van der Waals surface area contributed by atoms with Crippen molar-refractivity contribution in [2.75, 3.05) is 33.0 Å². The molecule has 1 aromatic rings. The van der Waals surface area contributed by atoms with Crippen molar-refractivity contribution in [1.29, 1.82) is 0 Å². The molecular formula is C13H14N2O5. The molecule has 1 aromatic carbocycles. The van der Waals surface area contributed by atoms with Crippen molar-refractivity contribution in [2.24, 2.45) is 0 Å². The SMILES string of the molecule is O=Cc1cc2c(cc1OCCN1CCNC1=O)OCO2. The number of nitrogens with zero attached hydrogens (tertiary/aromatic N) is 1. The molecule has 1 N–H and O–H groups in total. The summed E-state index contributed by atoms with van der Waals surface area (Å²) in [4.78, 5) is 24.1. The summed E-state index contributed by atoms with van der Waals surface area (Å²) in [5, 5.41) is 2.71. The second-order valence-electron chi connectivity index (χ2n) is 4.43. The molecule has 0 aliphatic carbocycles. The summed E-state index contributed by atoms with van der Waals surface area (Å²) in [6.45, 7) is 2.25. The van der Waals surface area contributed by atoms with Crippen LogP contribution in [0.25, 0.3) is 0 Å². The lowest BCUT2D eigenvalue weighted by atomic mass is 10.2. The van der Waals surface area contributed by atoms with Gasteiger partial charge in [0, 0.05) is 19.2 Å². The van der Waals surface area contributed by atoms with E-state index in [9.17, 15) is 9.59 Å². The highest BCUT2D eigenvalue weighted by Crippen LogP contribution is 2.37. The van der Waals surface area contributed by atoms with Gasteiger partial charge in [-0.3, -0.25) is 4.79 Å². The molecule has 2 amide bonds. The van der Waals surface area contributed by atoms with Gasteiger partial charge in [0.1, 0.15) is 12.4 Å². The zero-order valence-electron chi connectivity index (χ0n) is 10.8. The molecule has 0 radical (unpaired) electrons. The van der Waals surface area contributed by atoms with Crippen LogP contribution in [0.4, 0.5) is 4.79 Å². The van der Waals surface area contributed by atoms with Crippen LogP contribution in [0.2, 0.25) is 0 Å². The second-order valence-corrected chi connectivity index (χ2v) is 4.43. The van der Waals surface area contributed by atoms with E-state index in [1.165, 1.54) is 0 Å². The number of benzene rings is 1. The Bertz CT molecular complexity index is 546. The lowest BCUT2D eigenvalue weighted by molar-refractivity contribution is 0.111. The monoisotopic (exact) mass is 278 g/mol. The van der Waals surface area contributed by atoms with Crippen molar-refractivity contribution in [3.05, 3.63) is 17.7 Å². The Hall–Kier alpha value is -2.44. The van der Waals surface area contributed by atoms with Gasteiger partial charge in [0.15, 0.2) is 17.8 Å². The van der Waals surface area contributed by atoms with Gasteiger partial charge >= 0.3 is 6.03 Å². The first-order chi connectivity index (χ1) is 9.78. The van der Waals surface area contributed by atoms with E-state index in [4.69, 9.17) is 14.2 Å². The molecule has 0 bridgehead atoms. The number of carbonyl (C=O) groups excluding carboxylic acids is 2. The zero-order valence-corrected chi connectivity index (χ0v) is 10.8. The van der Waals surface area contributed by atoms with Crippen molar-refractivity contribution in [3.8, 4) is 17.2 Å². The van der Waals surface area contributed by atoms with Crippen molar-refractivity contribution in [1.82, 2.24) is 10.2 Å². The number of rotatable bonds is 5. The third-order valence-corrected chi connectivity index (χ3v) is 3.20. The molecule has 2 aliphatic rings. The number of nitrogens with one attached hydrogen (secondary N) is 1. The fourth-order valence-electron chi connectivity index (χ4n) is 2.15. The lowest BCUT2D eigenvalue weighted by Gasteiger charge is -2.15. The summed E-state index contributed by atoms with van der Waals surface area (Å²) in [7, 11) is 0. The molecule has 1 saturated heterocycles. The van der Waals surface area contributed by atoms with Crippen LogP contribution in [-0.2, 0) is 0 Å². The molecule has 0 saturated carbocycles. The summed E-state index contributed by atoms with van der Waals surface area (Å²) in [6, 6.07) is 3.14. The number of ether oxygens (including phenoxy) is 3. The molecule has 7 nitrogen and oxygen atoms in total. The summed E-state index contributed by atoms with van der Waals surface area (Å²) in [6.07, 6.45) is 0.708. The minimum absolute atomic E-state index is 0.0881. The average Bonchev–Trinajstić information content (AvgIpc) is 3.06. The Labute approximate surface area is 115 Å². The largest absolute Gasteiger partial charge is 0.491 e. The van der Waals surface area contributed by atoms with Crippen LogP contribution < -0.4 is 19.5 Å². The van der Waals surface area contributed by atoms with Gasteiger partial charge in [0.05, 0.1) is 12.1 Å². The van der Waals surface area contributed by atoms with Crippen molar-refractivity contribution < 1.29 is 23.8 Å². The maximum atomic E-state index is 11.4. The maximum absolute atomic E-state index is 11.4. The van der Waals surface area contributed by atoms with Crippen LogP contribution in [0.5, 0.6) is 17.2 Å². The lowest BCUT2D eigenvalue weighted by Crippen LogP contribution is -2.31. The molecule has 0 aromatic heterocycles. The van der Waals surface area contributed by atoms with Crippen LogP contribution in [0.3, 0.4) is 0 Å². The number of amides is 2. The highest BCUT2D eigenvalue weighted by Gasteiger charge is 2.20. The van der Waals surface area contributed by atoms with E-state index < -0.39 is 0 Å². The van der Waals surface area contributed by atoms with Gasteiger partial charge in [-0.05, 0) is 6.07 Å². The molecular weight excluding hydrogens is 264 g/mol. The molecule has 0 spiro atoms. The standard InChI is InChI=1S/C13H14N2O5/c16-7-9-5-11-12(20-8-19-11)6-10(9)18-4-3-15-2-1-14-13(15)17/h5-7H,1-4,8H2,(H,14,17). The Morgan fingerprint density at radius 3 is 2.85 bits per heavy atom. The Balaban J connectivity index is 1.64. The molecule has 7 heteroatoms. The van der Waals surface area contributed by atoms with Crippen LogP contribution in [0.1, 0.15) is 10.4 Å². The maximum Gasteiger partial charge on any atom is 0.317 e. The molecule has 0 atom stereocenters. The van der Waals surface area contributed by atoms with E-state index in [2.05, 4.69) is 5.32 Å². The first-order valence-corrected chi connectivity index (χ1v) is 6.32. The van der Waals surface area contributed by atoms with Gasteiger partial charge in [-0.2, -0.15) is 0 Å². The Morgan fingerprint density at radius 1 is 1.35 bits per heavy atom. The molecule has 20 heavy (non-hydrogen) atoms. The van der Waals surface area contributed by atoms with Crippen LogP contribution in [-0.4, -0.2) is 50.3 Å². The van der Waals surface area contributed by atoms with Crippen molar-refractivity contribution >= 4 is 12.3 Å². The molecule has 106 valence electrons. The zero-order chi connectivity index (χ0) is 13.9. The van der Waals surface area contributed by atoms with Gasteiger partial charge in [-0.25, -0.2) is 4.79 Å². The molecule has 0 unspecified atom stereocenters. The molecule has 2 heterocycles. The minimum atomic E-state index is -0.0881. The van der Waals surface area contributed by atoms with Gasteiger partial charge < -0.3 is 24.4 Å². The Kier molecular flexibility index (Phi) is 3.32. The first kappa shape index (κ1) is 12.6. The normalized spacial score (nSPS) is 16.2. The highest BCUT2D eigenvalue weighted by atomic mass is 16.7. The molecule has 2 aliphatic heterocycles. The number of fused-ring (bicyclic) bond motifs is 1.